The molecular weight excluding hydrogens is 381 g/mol. The summed E-state index contributed by atoms with van der Waals surface area (Å²) in [7, 11) is 0. The molecule has 0 spiro atoms. The molecule has 3 amide bonds. The van der Waals surface area contributed by atoms with Gasteiger partial charge in [-0.2, -0.15) is 0 Å². The zero-order valence-electron chi connectivity index (χ0n) is 16.2. The average Bonchev–Trinajstić information content (AvgIpc) is 2.99. The van der Waals surface area contributed by atoms with E-state index in [1.54, 1.807) is 31.3 Å². The molecule has 1 unspecified atom stereocenters. The highest BCUT2D eigenvalue weighted by atomic mass is 19.1. The Hall–Kier alpha value is -3.80. The van der Waals surface area contributed by atoms with Crippen molar-refractivity contribution in [3.8, 4) is 0 Å². The number of amides is 3. The minimum atomic E-state index is -1.18. The Bertz CT molecular complexity index is 1340. The van der Waals surface area contributed by atoms with Crippen LogP contribution in [0.25, 0.3) is 21.7 Å². The highest BCUT2D eigenvalue weighted by molar-refractivity contribution is 6.07. The number of hydrogen-bond donors (Lipinski definition) is 1. The molecule has 0 radical (unpaired) electrons. The second-order valence-corrected chi connectivity index (χ2v) is 7.61. The zero-order chi connectivity index (χ0) is 20.9. The lowest BCUT2D eigenvalue weighted by atomic mass is 9.90. The Morgan fingerprint density at radius 2 is 1.80 bits per heavy atom. The van der Waals surface area contributed by atoms with Crippen LogP contribution in [-0.2, 0) is 16.9 Å². The van der Waals surface area contributed by atoms with Crippen LogP contribution in [0.4, 0.5) is 9.18 Å². The van der Waals surface area contributed by atoms with E-state index in [1.807, 2.05) is 42.5 Å². The van der Waals surface area contributed by atoms with Gasteiger partial charge in [0.25, 0.3) is 5.91 Å². The van der Waals surface area contributed by atoms with E-state index in [1.165, 1.54) is 6.07 Å². The van der Waals surface area contributed by atoms with E-state index < -0.39 is 11.6 Å². The third kappa shape index (κ3) is 2.72. The van der Waals surface area contributed by atoms with Gasteiger partial charge in [-0.3, -0.25) is 14.7 Å². The molecule has 5 nitrogen and oxygen atoms in total. The van der Waals surface area contributed by atoms with Crippen molar-refractivity contribution in [2.75, 3.05) is 0 Å². The number of carbonyl (C=O) groups is 2. The lowest BCUT2D eigenvalue weighted by molar-refractivity contribution is -0.131. The number of nitrogens with zero attached hydrogens (tertiary/aromatic N) is 2. The number of benzene rings is 3. The summed E-state index contributed by atoms with van der Waals surface area (Å²) in [5, 5.41) is 5.24. The Labute approximate surface area is 172 Å². The number of pyridine rings is 1. The molecule has 1 aromatic heterocycles. The number of fused-ring (bicyclic) bond motifs is 2. The molecule has 1 atom stereocenters. The number of carbonyl (C=O) groups excluding carboxylic acids is 2. The van der Waals surface area contributed by atoms with Crippen LogP contribution in [0.5, 0.6) is 0 Å². The molecule has 4 aromatic rings. The molecule has 0 bridgehead atoms. The topological polar surface area (TPSA) is 62.3 Å². The van der Waals surface area contributed by atoms with Crippen molar-refractivity contribution in [3.63, 3.8) is 0 Å². The standard InChI is InChI=1S/C24H18FN3O2/c1-24(18-10-8-15-5-2-3-6-16(15)13-18)22(29)28(23(30)27-24)14-17-9-11-20(25)19-7-4-12-26-21(17)19/h2-13H,14H2,1H3,(H,27,30). The normalized spacial score (nSPS) is 18.9. The second-order valence-electron chi connectivity index (χ2n) is 7.61. The molecule has 3 aromatic carbocycles. The fourth-order valence-corrected chi connectivity index (χ4v) is 4.03. The van der Waals surface area contributed by atoms with Crippen LogP contribution in [-0.4, -0.2) is 21.8 Å². The molecule has 2 heterocycles. The largest absolute Gasteiger partial charge is 0.325 e. The van der Waals surface area contributed by atoms with Crippen molar-refractivity contribution < 1.29 is 14.0 Å². The molecule has 1 aliphatic heterocycles. The van der Waals surface area contributed by atoms with E-state index in [0.29, 0.717) is 22.0 Å². The molecule has 0 saturated carbocycles. The fourth-order valence-electron chi connectivity index (χ4n) is 4.03. The number of nitrogens with one attached hydrogen (secondary N) is 1. The van der Waals surface area contributed by atoms with Gasteiger partial charge in [-0.05, 0) is 53.1 Å². The predicted molar refractivity (Wildman–Crippen MR) is 112 cm³/mol. The van der Waals surface area contributed by atoms with Gasteiger partial charge in [0.2, 0.25) is 0 Å². The number of hydrogen-bond acceptors (Lipinski definition) is 3. The van der Waals surface area contributed by atoms with Crippen LogP contribution in [0.3, 0.4) is 0 Å². The lowest BCUT2D eigenvalue weighted by Gasteiger charge is -2.23. The van der Waals surface area contributed by atoms with Crippen LogP contribution in [0.1, 0.15) is 18.1 Å². The summed E-state index contributed by atoms with van der Waals surface area (Å²) in [5.74, 6) is -0.740. The Kier molecular flexibility index (Phi) is 4.03. The smallest absolute Gasteiger partial charge is 0.319 e. The van der Waals surface area contributed by atoms with Crippen LogP contribution < -0.4 is 5.32 Å². The Morgan fingerprint density at radius 3 is 2.63 bits per heavy atom. The lowest BCUT2D eigenvalue weighted by Crippen LogP contribution is -2.40. The van der Waals surface area contributed by atoms with Gasteiger partial charge in [-0.25, -0.2) is 9.18 Å². The first-order valence-corrected chi connectivity index (χ1v) is 9.63. The molecule has 0 aliphatic carbocycles. The first-order chi connectivity index (χ1) is 14.5. The first-order valence-electron chi connectivity index (χ1n) is 9.63. The maximum absolute atomic E-state index is 14.1. The van der Waals surface area contributed by atoms with Gasteiger partial charge in [0.15, 0.2) is 0 Å². The molecule has 148 valence electrons. The predicted octanol–water partition coefficient (Wildman–Crippen LogP) is 4.49. The summed E-state index contributed by atoms with van der Waals surface area (Å²) in [6.45, 7) is 1.72. The number of aromatic nitrogens is 1. The maximum Gasteiger partial charge on any atom is 0.325 e. The highest BCUT2D eigenvalue weighted by Gasteiger charge is 2.49. The van der Waals surface area contributed by atoms with E-state index in [0.717, 1.165) is 15.7 Å². The monoisotopic (exact) mass is 399 g/mol. The van der Waals surface area contributed by atoms with Crippen LogP contribution in [0, 0.1) is 5.82 Å². The number of rotatable bonds is 3. The summed E-state index contributed by atoms with van der Waals surface area (Å²) < 4.78 is 14.1. The van der Waals surface area contributed by atoms with E-state index in [4.69, 9.17) is 0 Å². The fraction of sp³-hybridized carbons (Fsp3) is 0.125. The average molecular weight is 399 g/mol. The maximum atomic E-state index is 14.1. The van der Waals surface area contributed by atoms with E-state index in [2.05, 4.69) is 10.3 Å². The summed E-state index contributed by atoms with van der Waals surface area (Å²) in [6.07, 6.45) is 1.57. The Morgan fingerprint density at radius 1 is 1.00 bits per heavy atom. The quantitative estimate of drug-likeness (QED) is 0.516. The minimum Gasteiger partial charge on any atom is -0.319 e. The van der Waals surface area contributed by atoms with Gasteiger partial charge in [0.1, 0.15) is 11.4 Å². The second kappa shape index (κ2) is 6.62. The molecule has 1 aliphatic rings. The van der Waals surface area contributed by atoms with Gasteiger partial charge in [-0.15, -0.1) is 0 Å². The number of urea groups is 1. The molecule has 6 heteroatoms. The molecular formula is C24H18FN3O2. The first kappa shape index (κ1) is 18.2. The van der Waals surface area contributed by atoms with Crippen molar-refractivity contribution in [3.05, 3.63) is 89.9 Å². The van der Waals surface area contributed by atoms with Crippen LogP contribution in [0.15, 0.2) is 72.9 Å². The van der Waals surface area contributed by atoms with E-state index in [-0.39, 0.29) is 18.3 Å². The minimum absolute atomic E-state index is 0.0155. The molecule has 30 heavy (non-hydrogen) atoms. The molecule has 1 fully saturated rings. The van der Waals surface area contributed by atoms with Gasteiger partial charge in [-0.1, -0.05) is 42.5 Å². The third-order valence-electron chi connectivity index (χ3n) is 5.73. The summed E-state index contributed by atoms with van der Waals surface area (Å²) in [6, 6.07) is 19.3. The van der Waals surface area contributed by atoms with Crippen molar-refractivity contribution in [1.29, 1.82) is 0 Å². The SMILES string of the molecule is CC1(c2ccc3ccccc3c2)NC(=O)N(Cc2ccc(F)c3cccnc23)C1=O. The highest BCUT2D eigenvalue weighted by Crippen LogP contribution is 2.32. The van der Waals surface area contributed by atoms with Crippen LogP contribution >= 0.6 is 0 Å². The number of halogens is 1. The van der Waals surface area contributed by atoms with Gasteiger partial charge in [0, 0.05) is 11.6 Å². The summed E-state index contributed by atoms with van der Waals surface area (Å²) in [4.78, 5) is 31.5. The third-order valence-corrected chi connectivity index (χ3v) is 5.73. The van der Waals surface area contributed by atoms with E-state index >= 15 is 0 Å². The van der Waals surface area contributed by atoms with Gasteiger partial charge >= 0.3 is 6.03 Å². The van der Waals surface area contributed by atoms with Gasteiger partial charge < -0.3 is 5.32 Å². The van der Waals surface area contributed by atoms with Crippen molar-refractivity contribution >= 4 is 33.6 Å². The van der Waals surface area contributed by atoms with Crippen molar-refractivity contribution in [2.45, 2.75) is 19.0 Å². The van der Waals surface area contributed by atoms with Gasteiger partial charge in [0.05, 0.1) is 12.1 Å². The zero-order valence-corrected chi connectivity index (χ0v) is 16.2. The molecule has 1 N–H and O–H groups in total. The number of imide groups is 1. The van der Waals surface area contributed by atoms with Crippen LogP contribution in [0.2, 0.25) is 0 Å². The molecule has 5 rings (SSSR count). The van der Waals surface area contributed by atoms with Crippen molar-refractivity contribution in [2.24, 2.45) is 0 Å². The summed E-state index contributed by atoms with van der Waals surface area (Å²) >= 11 is 0. The summed E-state index contributed by atoms with van der Waals surface area (Å²) in [5.41, 5.74) is 0.587. The Balaban J connectivity index is 1.52. The van der Waals surface area contributed by atoms with Crippen molar-refractivity contribution in [1.82, 2.24) is 15.2 Å². The van der Waals surface area contributed by atoms with E-state index in [9.17, 15) is 14.0 Å². The molecule has 1 saturated heterocycles.